The molecule has 1 heterocycles. The number of rotatable bonds is 2. The van der Waals surface area contributed by atoms with Crippen molar-refractivity contribution in [3.63, 3.8) is 0 Å². The van der Waals surface area contributed by atoms with Crippen LogP contribution in [0.1, 0.15) is 31.4 Å². The van der Waals surface area contributed by atoms with Crippen molar-refractivity contribution in [1.82, 2.24) is 0 Å². The van der Waals surface area contributed by atoms with E-state index in [0.29, 0.717) is 18.5 Å². The van der Waals surface area contributed by atoms with E-state index in [9.17, 15) is 18.3 Å². The number of anilines is 1. The average Bonchev–Trinajstić information content (AvgIpc) is 2.53. The topological polar surface area (TPSA) is 32.3 Å². The first-order chi connectivity index (χ1) is 8.15. The van der Waals surface area contributed by atoms with E-state index < -0.39 is 17.3 Å². The van der Waals surface area contributed by atoms with Gasteiger partial charge in [-0.05, 0) is 44.4 Å². The summed E-state index contributed by atoms with van der Waals surface area (Å²) >= 11 is 0. The van der Waals surface area contributed by atoms with Crippen molar-refractivity contribution < 1.29 is 18.3 Å². The zero-order valence-electron chi connectivity index (χ0n) is 10.3. The molecule has 2 nitrogen and oxygen atoms in total. The molecular weight excluding hydrogens is 243 g/mol. The van der Waals surface area contributed by atoms with E-state index >= 15 is 0 Å². The quantitative estimate of drug-likeness (QED) is 0.854. The second kappa shape index (κ2) is 4.16. The van der Waals surface area contributed by atoms with Gasteiger partial charge in [-0.25, -0.2) is 0 Å². The van der Waals surface area contributed by atoms with Crippen LogP contribution in [0.25, 0.3) is 0 Å². The fraction of sp³-hybridized carbons (Fsp3) is 0.538. The molecule has 1 aliphatic rings. The van der Waals surface area contributed by atoms with Crippen LogP contribution in [0.5, 0.6) is 0 Å². The van der Waals surface area contributed by atoms with Crippen molar-refractivity contribution in [1.29, 1.82) is 0 Å². The summed E-state index contributed by atoms with van der Waals surface area (Å²) in [5.41, 5.74) is -0.0685. The molecule has 100 valence electrons. The summed E-state index contributed by atoms with van der Waals surface area (Å²) in [5, 5.41) is 12.8. The van der Waals surface area contributed by atoms with Crippen LogP contribution in [-0.2, 0) is 12.6 Å². The lowest BCUT2D eigenvalue weighted by Gasteiger charge is -2.22. The Kier molecular flexibility index (Phi) is 3.05. The van der Waals surface area contributed by atoms with Crippen LogP contribution in [0.15, 0.2) is 18.2 Å². The van der Waals surface area contributed by atoms with Gasteiger partial charge in [0.05, 0.1) is 11.2 Å². The van der Waals surface area contributed by atoms with E-state index in [2.05, 4.69) is 5.32 Å². The molecule has 2 rings (SSSR count). The number of benzene rings is 1. The molecule has 0 bridgehead atoms. The molecule has 1 aliphatic heterocycles. The van der Waals surface area contributed by atoms with Crippen molar-refractivity contribution in [3.05, 3.63) is 29.3 Å². The normalized spacial score (nSPS) is 19.6. The highest BCUT2D eigenvalue weighted by molar-refractivity contribution is 5.58. The maximum atomic E-state index is 12.6. The highest BCUT2D eigenvalue weighted by Crippen LogP contribution is 2.36. The van der Waals surface area contributed by atoms with Gasteiger partial charge in [-0.1, -0.05) is 6.07 Å². The molecule has 0 spiro atoms. The molecule has 5 heteroatoms. The Balaban J connectivity index is 2.16. The second-order valence-corrected chi connectivity index (χ2v) is 5.43. The Morgan fingerprint density at radius 3 is 2.56 bits per heavy atom. The van der Waals surface area contributed by atoms with Gasteiger partial charge in [-0.3, -0.25) is 0 Å². The SMILES string of the molecule is CC(C)(O)CC1Cc2ccc(C(F)(F)F)cc2N1. The first-order valence-corrected chi connectivity index (χ1v) is 5.84. The Morgan fingerprint density at radius 2 is 2.00 bits per heavy atom. The minimum atomic E-state index is -4.31. The van der Waals surface area contributed by atoms with Gasteiger partial charge in [0.25, 0.3) is 0 Å². The minimum absolute atomic E-state index is 0.0107. The van der Waals surface area contributed by atoms with Crippen LogP contribution in [0.2, 0.25) is 0 Å². The number of hydrogen-bond donors (Lipinski definition) is 2. The molecule has 1 aromatic rings. The lowest BCUT2D eigenvalue weighted by atomic mass is 9.97. The zero-order chi connectivity index (χ0) is 13.6. The lowest BCUT2D eigenvalue weighted by Crippen LogP contribution is -2.29. The van der Waals surface area contributed by atoms with E-state index in [-0.39, 0.29) is 6.04 Å². The predicted octanol–water partition coefficient (Wildman–Crippen LogP) is 3.20. The van der Waals surface area contributed by atoms with Gasteiger partial charge in [0.2, 0.25) is 0 Å². The van der Waals surface area contributed by atoms with Gasteiger partial charge in [0.15, 0.2) is 0 Å². The molecule has 1 aromatic carbocycles. The third-order valence-electron chi connectivity index (χ3n) is 3.01. The highest BCUT2D eigenvalue weighted by Gasteiger charge is 2.33. The Hall–Kier alpha value is -1.23. The van der Waals surface area contributed by atoms with Crippen molar-refractivity contribution in [2.24, 2.45) is 0 Å². The van der Waals surface area contributed by atoms with E-state index in [1.807, 2.05) is 0 Å². The third kappa shape index (κ3) is 2.96. The molecule has 18 heavy (non-hydrogen) atoms. The van der Waals surface area contributed by atoms with E-state index in [1.54, 1.807) is 13.8 Å². The lowest BCUT2D eigenvalue weighted by molar-refractivity contribution is -0.137. The van der Waals surface area contributed by atoms with Gasteiger partial charge in [-0.2, -0.15) is 13.2 Å². The van der Waals surface area contributed by atoms with Gasteiger partial charge >= 0.3 is 6.18 Å². The molecule has 1 unspecified atom stereocenters. The van der Waals surface area contributed by atoms with Gasteiger partial charge in [0.1, 0.15) is 0 Å². The molecule has 0 fully saturated rings. The number of hydrogen-bond acceptors (Lipinski definition) is 2. The second-order valence-electron chi connectivity index (χ2n) is 5.43. The first kappa shape index (κ1) is 13.2. The van der Waals surface area contributed by atoms with Gasteiger partial charge in [-0.15, -0.1) is 0 Å². The fourth-order valence-corrected chi connectivity index (χ4v) is 2.33. The number of nitrogens with one attached hydrogen (secondary N) is 1. The maximum absolute atomic E-state index is 12.6. The molecule has 1 atom stereocenters. The van der Waals surface area contributed by atoms with E-state index in [0.717, 1.165) is 17.7 Å². The predicted molar refractivity (Wildman–Crippen MR) is 63.5 cm³/mol. The van der Waals surface area contributed by atoms with Crippen molar-refractivity contribution in [2.75, 3.05) is 5.32 Å². The summed E-state index contributed by atoms with van der Waals surface area (Å²) in [6.45, 7) is 3.39. The molecule has 2 N–H and O–H groups in total. The summed E-state index contributed by atoms with van der Waals surface area (Å²) in [5.74, 6) is 0. The molecule has 0 aromatic heterocycles. The molecule has 0 amide bonds. The Morgan fingerprint density at radius 1 is 1.33 bits per heavy atom. The number of alkyl halides is 3. The van der Waals surface area contributed by atoms with Crippen LogP contribution in [-0.4, -0.2) is 16.7 Å². The van der Waals surface area contributed by atoms with Crippen LogP contribution >= 0.6 is 0 Å². The monoisotopic (exact) mass is 259 g/mol. The van der Waals surface area contributed by atoms with Crippen molar-refractivity contribution in [3.8, 4) is 0 Å². The van der Waals surface area contributed by atoms with Crippen LogP contribution in [0, 0.1) is 0 Å². The molecular formula is C13H16F3NO. The Labute approximate surface area is 104 Å². The van der Waals surface area contributed by atoms with E-state index in [1.165, 1.54) is 6.07 Å². The first-order valence-electron chi connectivity index (χ1n) is 5.84. The van der Waals surface area contributed by atoms with E-state index in [4.69, 9.17) is 0 Å². The summed E-state index contributed by atoms with van der Waals surface area (Å²) in [7, 11) is 0. The largest absolute Gasteiger partial charge is 0.416 e. The number of aliphatic hydroxyl groups is 1. The Bertz CT molecular complexity index is 449. The number of halogens is 3. The molecule has 0 radical (unpaired) electrons. The molecule has 0 saturated heterocycles. The zero-order valence-corrected chi connectivity index (χ0v) is 10.3. The maximum Gasteiger partial charge on any atom is 0.416 e. The number of fused-ring (bicyclic) bond motifs is 1. The molecule has 0 saturated carbocycles. The average molecular weight is 259 g/mol. The summed E-state index contributed by atoms with van der Waals surface area (Å²) in [6.07, 6.45) is -3.16. The van der Waals surface area contributed by atoms with Crippen LogP contribution in [0.3, 0.4) is 0 Å². The van der Waals surface area contributed by atoms with Gasteiger partial charge in [0, 0.05) is 11.7 Å². The summed E-state index contributed by atoms with van der Waals surface area (Å²) < 4.78 is 37.7. The summed E-state index contributed by atoms with van der Waals surface area (Å²) in [6, 6.07) is 3.74. The smallest absolute Gasteiger partial charge is 0.390 e. The fourth-order valence-electron chi connectivity index (χ4n) is 2.33. The van der Waals surface area contributed by atoms with Crippen molar-refractivity contribution >= 4 is 5.69 Å². The standard InChI is InChI=1S/C13H16F3NO/c1-12(2,18)7-10-5-8-3-4-9(13(14,15)16)6-11(8)17-10/h3-4,6,10,17-18H,5,7H2,1-2H3. The molecule has 0 aliphatic carbocycles. The van der Waals surface area contributed by atoms with Crippen LogP contribution < -0.4 is 5.32 Å². The summed E-state index contributed by atoms with van der Waals surface area (Å²) in [4.78, 5) is 0. The van der Waals surface area contributed by atoms with Crippen molar-refractivity contribution in [2.45, 2.75) is 44.5 Å². The highest BCUT2D eigenvalue weighted by atomic mass is 19.4. The van der Waals surface area contributed by atoms with Gasteiger partial charge < -0.3 is 10.4 Å². The minimum Gasteiger partial charge on any atom is -0.390 e. The third-order valence-corrected chi connectivity index (χ3v) is 3.01. The van der Waals surface area contributed by atoms with Crippen LogP contribution in [0.4, 0.5) is 18.9 Å².